The highest BCUT2D eigenvalue weighted by molar-refractivity contribution is 5.62. The third-order valence-corrected chi connectivity index (χ3v) is 3.55. The molecule has 0 amide bonds. The summed E-state index contributed by atoms with van der Waals surface area (Å²) >= 11 is 0. The lowest BCUT2D eigenvalue weighted by Gasteiger charge is -2.11. The van der Waals surface area contributed by atoms with Crippen LogP contribution >= 0.6 is 0 Å². The van der Waals surface area contributed by atoms with E-state index in [1.54, 1.807) is 13.3 Å². The van der Waals surface area contributed by atoms with Crippen molar-refractivity contribution in [2.75, 3.05) is 17.7 Å². The molecule has 0 spiro atoms. The number of nitrogens with zero attached hydrogens (tertiary/aromatic N) is 3. The molecule has 1 heterocycles. The van der Waals surface area contributed by atoms with Crippen molar-refractivity contribution in [3.8, 4) is 5.75 Å². The maximum absolute atomic E-state index is 5.21. The molecule has 0 aliphatic rings. The van der Waals surface area contributed by atoms with Gasteiger partial charge in [0.05, 0.1) is 13.3 Å². The predicted molar refractivity (Wildman–Crippen MR) is 95.2 cm³/mol. The molecule has 0 aliphatic heterocycles. The third kappa shape index (κ3) is 3.78. The minimum absolute atomic E-state index is 0.419. The first kappa shape index (κ1) is 15.7. The normalized spacial score (nSPS) is 10.2. The van der Waals surface area contributed by atoms with Crippen LogP contribution in [0.1, 0.15) is 12.5 Å². The Morgan fingerprint density at radius 2 is 1.92 bits per heavy atom. The van der Waals surface area contributed by atoms with Gasteiger partial charge in [0.15, 0.2) is 5.82 Å². The van der Waals surface area contributed by atoms with E-state index in [1.807, 2.05) is 42.5 Å². The molecule has 0 aliphatic carbocycles. The Balaban J connectivity index is 1.79. The van der Waals surface area contributed by atoms with Crippen molar-refractivity contribution in [3.63, 3.8) is 0 Å². The Labute approximate surface area is 140 Å². The van der Waals surface area contributed by atoms with E-state index >= 15 is 0 Å². The van der Waals surface area contributed by atoms with Gasteiger partial charge in [0.1, 0.15) is 5.75 Å². The Kier molecular flexibility index (Phi) is 4.86. The number of nitrogens with one attached hydrogen (secondary N) is 2. The molecule has 0 saturated heterocycles. The zero-order chi connectivity index (χ0) is 16.8. The van der Waals surface area contributed by atoms with E-state index in [-0.39, 0.29) is 0 Å². The van der Waals surface area contributed by atoms with Crippen LogP contribution in [0.15, 0.2) is 54.7 Å². The fourth-order valence-electron chi connectivity index (χ4n) is 2.34. The van der Waals surface area contributed by atoms with Crippen molar-refractivity contribution < 1.29 is 4.74 Å². The summed E-state index contributed by atoms with van der Waals surface area (Å²) in [5.41, 5.74) is 3.08. The maximum Gasteiger partial charge on any atom is 0.249 e. The first-order valence-electron chi connectivity index (χ1n) is 7.74. The lowest BCUT2D eigenvalue weighted by molar-refractivity contribution is 0.415. The summed E-state index contributed by atoms with van der Waals surface area (Å²) in [7, 11) is 1.63. The number of aromatic nitrogens is 3. The van der Waals surface area contributed by atoms with E-state index in [9.17, 15) is 0 Å². The maximum atomic E-state index is 5.21. The number of benzene rings is 2. The molecular formula is C18H19N5O. The summed E-state index contributed by atoms with van der Waals surface area (Å²) < 4.78 is 5.21. The number of para-hydroxylation sites is 1. The Morgan fingerprint density at radius 3 is 2.75 bits per heavy atom. The van der Waals surface area contributed by atoms with Gasteiger partial charge in [-0.1, -0.05) is 31.2 Å². The fourth-order valence-corrected chi connectivity index (χ4v) is 2.34. The molecule has 0 bridgehead atoms. The van der Waals surface area contributed by atoms with E-state index in [4.69, 9.17) is 4.74 Å². The second-order valence-electron chi connectivity index (χ2n) is 5.16. The van der Waals surface area contributed by atoms with Crippen molar-refractivity contribution in [1.29, 1.82) is 0 Å². The average molecular weight is 321 g/mol. The zero-order valence-corrected chi connectivity index (χ0v) is 13.7. The highest BCUT2D eigenvalue weighted by atomic mass is 16.5. The highest BCUT2D eigenvalue weighted by Gasteiger charge is 2.05. The number of aryl methyl sites for hydroxylation is 1. The van der Waals surface area contributed by atoms with Crippen molar-refractivity contribution in [1.82, 2.24) is 15.2 Å². The van der Waals surface area contributed by atoms with E-state index in [1.165, 1.54) is 5.56 Å². The smallest absolute Gasteiger partial charge is 0.249 e. The van der Waals surface area contributed by atoms with Crippen LogP contribution in [0.5, 0.6) is 5.75 Å². The Bertz CT molecular complexity index is 822. The number of ether oxygens (including phenoxy) is 1. The van der Waals surface area contributed by atoms with Crippen LogP contribution in [-0.2, 0) is 6.42 Å². The number of hydrogen-bond acceptors (Lipinski definition) is 6. The molecule has 0 radical (unpaired) electrons. The highest BCUT2D eigenvalue weighted by Crippen LogP contribution is 2.22. The van der Waals surface area contributed by atoms with Gasteiger partial charge in [0, 0.05) is 17.4 Å². The van der Waals surface area contributed by atoms with Crippen LogP contribution in [-0.4, -0.2) is 22.3 Å². The Hall–Kier alpha value is -3.15. The lowest BCUT2D eigenvalue weighted by atomic mass is 10.1. The SMILES string of the molecule is CCc1ccccc1Nc1cnnc(Nc2cccc(OC)c2)n1. The molecule has 2 N–H and O–H groups in total. The Morgan fingerprint density at radius 1 is 1.04 bits per heavy atom. The average Bonchev–Trinajstić information content (AvgIpc) is 2.62. The second-order valence-corrected chi connectivity index (χ2v) is 5.16. The fraction of sp³-hybridized carbons (Fsp3) is 0.167. The van der Waals surface area contributed by atoms with Gasteiger partial charge in [-0.3, -0.25) is 0 Å². The molecule has 3 rings (SSSR count). The van der Waals surface area contributed by atoms with Crippen LogP contribution < -0.4 is 15.4 Å². The van der Waals surface area contributed by atoms with Crippen molar-refractivity contribution in [2.45, 2.75) is 13.3 Å². The van der Waals surface area contributed by atoms with Crippen LogP contribution in [0.3, 0.4) is 0 Å². The summed E-state index contributed by atoms with van der Waals surface area (Å²) in [5.74, 6) is 1.82. The second kappa shape index (κ2) is 7.41. The first-order valence-corrected chi connectivity index (χ1v) is 7.74. The monoisotopic (exact) mass is 321 g/mol. The molecule has 3 aromatic rings. The summed E-state index contributed by atoms with van der Waals surface area (Å²) in [6.45, 7) is 2.12. The van der Waals surface area contributed by atoms with Gasteiger partial charge in [0.25, 0.3) is 0 Å². The minimum Gasteiger partial charge on any atom is -0.497 e. The van der Waals surface area contributed by atoms with Gasteiger partial charge < -0.3 is 15.4 Å². The quantitative estimate of drug-likeness (QED) is 0.717. The van der Waals surface area contributed by atoms with E-state index in [0.29, 0.717) is 11.8 Å². The van der Waals surface area contributed by atoms with Gasteiger partial charge in [-0.15, -0.1) is 5.10 Å². The largest absolute Gasteiger partial charge is 0.497 e. The molecule has 24 heavy (non-hydrogen) atoms. The summed E-state index contributed by atoms with van der Waals surface area (Å²) in [5, 5.41) is 14.5. The van der Waals surface area contributed by atoms with Gasteiger partial charge in [-0.2, -0.15) is 10.1 Å². The van der Waals surface area contributed by atoms with Crippen LogP contribution in [0.25, 0.3) is 0 Å². The molecular weight excluding hydrogens is 302 g/mol. The molecule has 2 aromatic carbocycles. The standard InChI is InChI=1S/C18H19N5O/c1-3-13-7-4-5-10-16(13)21-17-12-19-23-18(22-17)20-14-8-6-9-15(11-14)24-2/h4-12H,3H2,1-2H3,(H2,20,21,22,23). The van der Waals surface area contributed by atoms with Crippen LogP contribution in [0, 0.1) is 0 Å². The molecule has 122 valence electrons. The molecule has 0 atom stereocenters. The molecule has 1 aromatic heterocycles. The topological polar surface area (TPSA) is 72.0 Å². The third-order valence-electron chi connectivity index (χ3n) is 3.55. The molecule has 6 heteroatoms. The van der Waals surface area contributed by atoms with E-state index in [2.05, 4.69) is 38.8 Å². The van der Waals surface area contributed by atoms with Gasteiger partial charge in [0.2, 0.25) is 5.95 Å². The molecule has 6 nitrogen and oxygen atoms in total. The van der Waals surface area contributed by atoms with Crippen LogP contribution in [0.2, 0.25) is 0 Å². The zero-order valence-electron chi connectivity index (χ0n) is 13.7. The van der Waals surface area contributed by atoms with Gasteiger partial charge in [-0.05, 0) is 30.2 Å². The van der Waals surface area contributed by atoms with Crippen LogP contribution in [0.4, 0.5) is 23.1 Å². The first-order chi connectivity index (χ1) is 11.8. The van der Waals surface area contributed by atoms with Crippen molar-refractivity contribution in [2.24, 2.45) is 0 Å². The molecule has 0 unspecified atom stereocenters. The number of methoxy groups -OCH3 is 1. The number of rotatable bonds is 6. The van der Waals surface area contributed by atoms with Gasteiger partial charge >= 0.3 is 0 Å². The molecule has 0 saturated carbocycles. The summed E-state index contributed by atoms with van der Waals surface area (Å²) in [4.78, 5) is 4.46. The number of anilines is 4. The van der Waals surface area contributed by atoms with Crippen molar-refractivity contribution in [3.05, 3.63) is 60.3 Å². The van der Waals surface area contributed by atoms with E-state index in [0.717, 1.165) is 23.5 Å². The molecule has 0 fully saturated rings. The number of hydrogen-bond donors (Lipinski definition) is 2. The predicted octanol–water partition coefficient (Wildman–Crippen LogP) is 3.93. The van der Waals surface area contributed by atoms with Crippen molar-refractivity contribution >= 4 is 23.1 Å². The van der Waals surface area contributed by atoms with E-state index < -0.39 is 0 Å². The van der Waals surface area contributed by atoms with Gasteiger partial charge in [-0.25, -0.2) is 0 Å². The minimum atomic E-state index is 0.419. The summed E-state index contributed by atoms with van der Waals surface area (Å²) in [6, 6.07) is 15.7. The lowest BCUT2D eigenvalue weighted by Crippen LogP contribution is -2.03. The summed E-state index contributed by atoms with van der Waals surface area (Å²) in [6.07, 6.45) is 2.54.